The first kappa shape index (κ1) is 19.5. The largest absolute Gasteiger partial charge is 0.454 e. The lowest BCUT2D eigenvalue weighted by atomic mass is 9.90. The lowest BCUT2D eigenvalue weighted by molar-refractivity contribution is 0.0705. The molecule has 5 rings (SSSR count). The molecule has 0 unspecified atom stereocenters. The van der Waals surface area contributed by atoms with Crippen LogP contribution in [-0.2, 0) is 6.42 Å². The number of hydrogen-bond acceptors (Lipinski definition) is 5. The minimum Gasteiger partial charge on any atom is -0.454 e. The van der Waals surface area contributed by atoms with E-state index < -0.39 is 0 Å². The third-order valence-electron chi connectivity index (χ3n) is 5.97. The molecule has 1 saturated heterocycles. The maximum atomic E-state index is 13.2. The van der Waals surface area contributed by atoms with Crippen LogP contribution in [0.1, 0.15) is 51.8 Å². The second-order valence-electron chi connectivity index (χ2n) is 8.15. The fourth-order valence-electron chi connectivity index (χ4n) is 4.41. The van der Waals surface area contributed by atoms with Crippen molar-refractivity contribution in [2.75, 3.05) is 19.9 Å². The van der Waals surface area contributed by atoms with Gasteiger partial charge in [-0.2, -0.15) is 0 Å². The Labute approximate surface area is 181 Å². The Bertz CT molecular complexity index is 1100. The number of ether oxygens (including phenoxy) is 2. The first-order chi connectivity index (χ1) is 15.2. The maximum absolute atomic E-state index is 13.2. The van der Waals surface area contributed by atoms with E-state index in [9.17, 15) is 4.79 Å². The maximum Gasteiger partial charge on any atom is 0.254 e. The van der Waals surface area contributed by atoms with Crippen molar-refractivity contribution in [3.8, 4) is 11.5 Å². The molecule has 0 N–H and O–H groups in total. The van der Waals surface area contributed by atoms with Gasteiger partial charge >= 0.3 is 0 Å². The van der Waals surface area contributed by atoms with Crippen molar-refractivity contribution in [2.24, 2.45) is 0 Å². The summed E-state index contributed by atoms with van der Waals surface area (Å²) in [5.74, 6) is 2.32. The Hall–Kier alpha value is -3.41. The van der Waals surface area contributed by atoms with E-state index in [0.717, 1.165) is 42.9 Å². The van der Waals surface area contributed by atoms with E-state index in [4.69, 9.17) is 14.5 Å². The number of benzene rings is 2. The Morgan fingerprint density at radius 3 is 2.84 bits per heavy atom. The number of hydrogen-bond donors (Lipinski definition) is 0. The molecule has 3 aromatic rings. The molecule has 6 nitrogen and oxygen atoms in total. The predicted octanol–water partition coefficient (Wildman–Crippen LogP) is 4.12. The molecule has 6 heteroatoms. The summed E-state index contributed by atoms with van der Waals surface area (Å²) < 4.78 is 10.8. The fraction of sp³-hybridized carbons (Fsp3) is 0.320. The Kier molecular flexibility index (Phi) is 5.28. The van der Waals surface area contributed by atoms with Gasteiger partial charge in [-0.15, -0.1) is 0 Å². The quantitative estimate of drug-likeness (QED) is 0.641. The van der Waals surface area contributed by atoms with Crippen LogP contribution in [0.15, 0.2) is 54.7 Å². The molecule has 31 heavy (non-hydrogen) atoms. The topological polar surface area (TPSA) is 64.6 Å². The van der Waals surface area contributed by atoms with Crippen molar-refractivity contribution in [3.63, 3.8) is 0 Å². The third kappa shape index (κ3) is 4.10. The molecular formula is C25H25N3O3. The van der Waals surface area contributed by atoms with E-state index in [-0.39, 0.29) is 18.6 Å². The molecule has 2 aromatic carbocycles. The van der Waals surface area contributed by atoms with Gasteiger partial charge in [-0.25, -0.2) is 9.97 Å². The van der Waals surface area contributed by atoms with Gasteiger partial charge in [0.25, 0.3) is 5.91 Å². The van der Waals surface area contributed by atoms with Crippen molar-refractivity contribution in [1.29, 1.82) is 0 Å². The van der Waals surface area contributed by atoms with Crippen LogP contribution in [-0.4, -0.2) is 40.7 Å². The summed E-state index contributed by atoms with van der Waals surface area (Å²) in [5, 5.41) is 0. The first-order valence-corrected chi connectivity index (χ1v) is 10.7. The molecule has 1 atom stereocenters. The average Bonchev–Trinajstić information content (AvgIpc) is 3.28. The zero-order chi connectivity index (χ0) is 21.2. The van der Waals surface area contributed by atoms with Gasteiger partial charge in [0, 0.05) is 37.2 Å². The van der Waals surface area contributed by atoms with Gasteiger partial charge in [-0.3, -0.25) is 4.79 Å². The smallest absolute Gasteiger partial charge is 0.254 e. The summed E-state index contributed by atoms with van der Waals surface area (Å²) in [6.07, 6.45) is 4.71. The summed E-state index contributed by atoms with van der Waals surface area (Å²) in [5.41, 5.74) is 4.08. The molecule has 0 spiro atoms. The summed E-state index contributed by atoms with van der Waals surface area (Å²) in [4.78, 5) is 24.4. The zero-order valence-corrected chi connectivity index (χ0v) is 17.6. The third-order valence-corrected chi connectivity index (χ3v) is 5.97. The highest BCUT2D eigenvalue weighted by Gasteiger charge is 2.29. The number of amides is 1. The summed E-state index contributed by atoms with van der Waals surface area (Å²) in [7, 11) is 0. The average molecular weight is 415 g/mol. The van der Waals surface area contributed by atoms with Gasteiger partial charge in [0.05, 0.1) is 5.69 Å². The van der Waals surface area contributed by atoms with Crippen LogP contribution in [0.25, 0.3) is 0 Å². The molecule has 0 saturated carbocycles. The van der Waals surface area contributed by atoms with Crippen molar-refractivity contribution < 1.29 is 14.3 Å². The molecule has 0 bridgehead atoms. The summed E-state index contributed by atoms with van der Waals surface area (Å²) >= 11 is 0. The monoisotopic (exact) mass is 415 g/mol. The van der Waals surface area contributed by atoms with Gasteiger partial charge < -0.3 is 14.4 Å². The van der Waals surface area contributed by atoms with Gasteiger partial charge in [0.15, 0.2) is 11.5 Å². The minimum atomic E-state index is 0.0263. The summed E-state index contributed by atoms with van der Waals surface area (Å²) in [6.45, 7) is 3.54. The molecule has 1 fully saturated rings. The fourth-order valence-corrected chi connectivity index (χ4v) is 4.41. The van der Waals surface area contributed by atoms with Gasteiger partial charge in [0.1, 0.15) is 5.82 Å². The molecule has 0 radical (unpaired) electrons. The van der Waals surface area contributed by atoms with E-state index in [1.165, 1.54) is 5.56 Å². The number of carbonyl (C=O) groups is 1. The van der Waals surface area contributed by atoms with Crippen molar-refractivity contribution in [2.45, 2.75) is 32.1 Å². The van der Waals surface area contributed by atoms with E-state index in [2.05, 4.69) is 29.2 Å². The second kappa shape index (κ2) is 8.38. The number of nitrogens with zero attached hydrogens (tertiary/aromatic N) is 3. The van der Waals surface area contributed by atoms with Crippen molar-refractivity contribution in [3.05, 3.63) is 82.9 Å². The van der Waals surface area contributed by atoms with Crippen LogP contribution in [0.3, 0.4) is 0 Å². The molecular weight excluding hydrogens is 390 g/mol. The van der Waals surface area contributed by atoms with Crippen molar-refractivity contribution >= 4 is 5.91 Å². The number of rotatable bonds is 4. The van der Waals surface area contributed by atoms with Crippen LogP contribution < -0.4 is 9.47 Å². The molecule has 1 amide bonds. The SMILES string of the molecule is Cc1ncc(Cc2ccccc2)c([C@H]2CCCN(C(=O)c3ccc4c(c3)OCO4)C2)n1. The van der Waals surface area contributed by atoms with E-state index in [0.29, 0.717) is 23.6 Å². The molecule has 2 aliphatic heterocycles. The number of likely N-dealkylation sites (tertiary alicyclic amines) is 1. The minimum absolute atomic E-state index is 0.0263. The van der Waals surface area contributed by atoms with Crippen LogP contribution in [0.4, 0.5) is 0 Å². The molecule has 2 aliphatic rings. The Morgan fingerprint density at radius 2 is 1.97 bits per heavy atom. The predicted molar refractivity (Wildman–Crippen MR) is 116 cm³/mol. The number of aromatic nitrogens is 2. The van der Waals surface area contributed by atoms with Crippen LogP contribution in [0, 0.1) is 6.92 Å². The van der Waals surface area contributed by atoms with Gasteiger partial charge in [-0.05, 0) is 49.1 Å². The molecule has 0 aliphatic carbocycles. The highest BCUT2D eigenvalue weighted by Crippen LogP contribution is 2.34. The van der Waals surface area contributed by atoms with Crippen LogP contribution in [0.2, 0.25) is 0 Å². The van der Waals surface area contributed by atoms with E-state index >= 15 is 0 Å². The number of carbonyl (C=O) groups excluding carboxylic acids is 1. The Morgan fingerprint density at radius 1 is 1.13 bits per heavy atom. The number of aryl methyl sites for hydroxylation is 1. The zero-order valence-electron chi connectivity index (χ0n) is 17.6. The van der Waals surface area contributed by atoms with Gasteiger partial charge in [0.2, 0.25) is 6.79 Å². The first-order valence-electron chi connectivity index (χ1n) is 10.7. The molecule has 1 aromatic heterocycles. The lowest BCUT2D eigenvalue weighted by Gasteiger charge is -2.33. The highest BCUT2D eigenvalue weighted by molar-refractivity contribution is 5.95. The number of piperidine rings is 1. The molecule has 158 valence electrons. The van der Waals surface area contributed by atoms with Gasteiger partial charge in [-0.1, -0.05) is 30.3 Å². The number of fused-ring (bicyclic) bond motifs is 1. The lowest BCUT2D eigenvalue weighted by Crippen LogP contribution is -2.39. The standard InChI is InChI=1S/C25H25N3O3/c1-17-26-14-21(12-18-6-3-2-4-7-18)24(27-17)20-8-5-11-28(15-20)25(29)19-9-10-22-23(13-19)31-16-30-22/h2-4,6-7,9-10,13-14,20H,5,8,11-12,15-16H2,1H3/t20-/m0/s1. The van der Waals surface area contributed by atoms with Crippen LogP contribution in [0.5, 0.6) is 11.5 Å². The Balaban J connectivity index is 1.38. The highest BCUT2D eigenvalue weighted by atomic mass is 16.7. The van der Waals surface area contributed by atoms with Crippen molar-refractivity contribution in [1.82, 2.24) is 14.9 Å². The van der Waals surface area contributed by atoms with E-state index in [1.807, 2.05) is 36.2 Å². The van der Waals surface area contributed by atoms with Crippen LogP contribution >= 0.6 is 0 Å². The molecule has 3 heterocycles. The van der Waals surface area contributed by atoms with E-state index in [1.54, 1.807) is 6.07 Å². The second-order valence-corrected chi connectivity index (χ2v) is 8.15. The normalized spacial score (nSPS) is 17.6. The summed E-state index contributed by atoms with van der Waals surface area (Å²) in [6, 6.07) is 15.8.